The van der Waals surface area contributed by atoms with Gasteiger partial charge in [0.25, 0.3) is 0 Å². The van der Waals surface area contributed by atoms with Gasteiger partial charge in [0.1, 0.15) is 0 Å². The second kappa shape index (κ2) is 15.2. The molecule has 1 atom stereocenters. The Morgan fingerprint density at radius 1 is 1.21 bits per heavy atom. The first-order chi connectivity index (χ1) is 11.2. The Morgan fingerprint density at radius 3 is 2.54 bits per heavy atom. The van der Waals surface area contributed by atoms with Gasteiger partial charge in [0.05, 0.1) is 13.2 Å². The summed E-state index contributed by atoms with van der Waals surface area (Å²) in [6.07, 6.45) is 3.60. The van der Waals surface area contributed by atoms with Crippen molar-refractivity contribution >= 4 is 29.9 Å². The average molecular weight is 456 g/mol. The third-order valence-electron chi connectivity index (χ3n) is 4.42. The Balaban J connectivity index is 0.00000529. The van der Waals surface area contributed by atoms with Crippen LogP contribution in [0.2, 0.25) is 0 Å². The van der Waals surface area contributed by atoms with E-state index in [1.807, 2.05) is 7.05 Å². The number of hydrogen-bond acceptors (Lipinski definition) is 4. The number of likely N-dealkylation sites (tertiary alicyclic amines) is 1. The molecule has 0 aromatic rings. The standard InChI is InChI=1S/C17H36N4O2.HI/c1-15-6-9-21(10-7-15)16(2)14-20-17(18-3)19-8-5-11-23-13-12-22-4;/h15-16H,5-14H2,1-4H3,(H2,18,19,20);1H. The van der Waals surface area contributed by atoms with Crippen LogP contribution in [-0.2, 0) is 9.47 Å². The van der Waals surface area contributed by atoms with Gasteiger partial charge >= 0.3 is 0 Å². The average Bonchev–Trinajstić information content (AvgIpc) is 2.57. The first-order valence-corrected chi connectivity index (χ1v) is 8.92. The molecule has 0 amide bonds. The molecule has 1 heterocycles. The van der Waals surface area contributed by atoms with E-state index in [0.717, 1.165) is 38.0 Å². The number of guanidine groups is 1. The summed E-state index contributed by atoms with van der Waals surface area (Å²) in [7, 11) is 3.50. The summed E-state index contributed by atoms with van der Waals surface area (Å²) in [4.78, 5) is 6.85. The molecule has 6 nitrogen and oxygen atoms in total. The van der Waals surface area contributed by atoms with Crippen molar-refractivity contribution in [3.63, 3.8) is 0 Å². The normalized spacial score (nSPS) is 18.1. The maximum atomic E-state index is 5.44. The van der Waals surface area contributed by atoms with E-state index in [1.165, 1.54) is 25.9 Å². The van der Waals surface area contributed by atoms with E-state index in [0.29, 0.717) is 19.3 Å². The van der Waals surface area contributed by atoms with Crippen LogP contribution in [0.3, 0.4) is 0 Å². The maximum Gasteiger partial charge on any atom is 0.191 e. The first-order valence-electron chi connectivity index (χ1n) is 8.92. The predicted molar refractivity (Wildman–Crippen MR) is 112 cm³/mol. The van der Waals surface area contributed by atoms with Gasteiger partial charge in [-0.05, 0) is 45.2 Å². The van der Waals surface area contributed by atoms with E-state index in [9.17, 15) is 0 Å². The van der Waals surface area contributed by atoms with Crippen molar-refractivity contribution in [1.29, 1.82) is 0 Å². The highest BCUT2D eigenvalue weighted by atomic mass is 127. The molecule has 1 unspecified atom stereocenters. The van der Waals surface area contributed by atoms with Crippen LogP contribution in [0.1, 0.15) is 33.1 Å². The fraction of sp³-hybridized carbons (Fsp3) is 0.941. The summed E-state index contributed by atoms with van der Waals surface area (Å²) in [5.74, 6) is 1.76. The van der Waals surface area contributed by atoms with Crippen LogP contribution in [0.5, 0.6) is 0 Å². The lowest BCUT2D eigenvalue weighted by atomic mass is 9.98. The molecule has 0 saturated carbocycles. The van der Waals surface area contributed by atoms with Gasteiger partial charge in [0.2, 0.25) is 0 Å². The number of halogens is 1. The summed E-state index contributed by atoms with van der Waals surface area (Å²) in [5, 5.41) is 6.76. The molecule has 1 aliphatic rings. The van der Waals surface area contributed by atoms with Gasteiger partial charge in [-0.2, -0.15) is 0 Å². The molecule has 0 aromatic carbocycles. The Hall–Kier alpha value is -0.120. The quantitative estimate of drug-likeness (QED) is 0.228. The highest BCUT2D eigenvalue weighted by molar-refractivity contribution is 14.0. The molecule has 144 valence electrons. The second-order valence-electron chi connectivity index (χ2n) is 6.41. The highest BCUT2D eigenvalue weighted by Gasteiger charge is 2.20. The Kier molecular flexibility index (Phi) is 15.1. The Morgan fingerprint density at radius 2 is 1.92 bits per heavy atom. The summed E-state index contributed by atoms with van der Waals surface area (Å²) >= 11 is 0. The molecule has 0 radical (unpaired) electrons. The molecule has 2 N–H and O–H groups in total. The smallest absolute Gasteiger partial charge is 0.191 e. The highest BCUT2D eigenvalue weighted by Crippen LogP contribution is 2.17. The van der Waals surface area contributed by atoms with Gasteiger partial charge in [0, 0.05) is 39.9 Å². The number of rotatable bonds is 10. The first kappa shape index (κ1) is 23.9. The molecule has 1 saturated heterocycles. The van der Waals surface area contributed by atoms with Crippen LogP contribution in [0, 0.1) is 5.92 Å². The third kappa shape index (κ3) is 10.7. The molecule has 0 aliphatic carbocycles. The molecule has 1 fully saturated rings. The van der Waals surface area contributed by atoms with Crippen LogP contribution < -0.4 is 10.6 Å². The molecular weight excluding hydrogens is 419 g/mol. The summed E-state index contributed by atoms with van der Waals surface area (Å²) in [6, 6.07) is 0.540. The Labute approximate surface area is 165 Å². The molecular formula is C17H37IN4O2. The number of piperidine rings is 1. The zero-order valence-electron chi connectivity index (χ0n) is 15.8. The minimum Gasteiger partial charge on any atom is -0.382 e. The van der Waals surface area contributed by atoms with Crippen LogP contribution in [0.25, 0.3) is 0 Å². The Bertz CT molecular complexity index is 324. The fourth-order valence-electron chi connectivity index (χ4n) is 2.69. The van der Waals surface area contributed by atoms with E-state index in [4.69, 9.17) is 9.47 Å². The number of methoxy groups -OCH3 is 1. The molecule has 0 spiro atoms. The molecule has 24 heavy (non-hydrogen) atoms. The van der Waals surface area contributed by atoms with E-state index in [-0.39, 0.29) is 24.0 Å². The fourth-order valence-corrected chi connectivity index (χ4v) is 2.69. The predicted octanol–water partition coefficient (Wildman–Crippen LogP) is 1.94. The van der Waals surface area contributed by atoms with Gasteiger partial charge < -0.3 is 20.1 Å². The molecule has 1 rings (SSSR count). The summed E-state index contributed by atoms with van der Waals surface area (Å²) in [5.41, 5.74) is 0. The zero-order valence-corrected chi connectivity index (χ0v) is 18.2. The minimum absolute atomic E-state index is 0. The monoisotopic (exact) mass is 456 g/mol. The third-order valence-corrected chi connectivity index (χ3v) is 4.42. The maximum absolute atomic E-state index is 5.44. The van der Waals surface area contributed by atoms with Gasteiger partial charge in [-0.25, -0.2) is 0 Å². The van der Waals surface area contributed by atoms with Gasteiger partial charge in [-0.3, -0.25) is 9.89 Å². The van der Waals surface area contributed by atoms with Crippen molar-refractivity contribution in [2.45, 2.75) is 39.2 Å². The minimum atomic E-state index is 0. The number of nitrogens with zero attached hydrogens (tertiary/aromatic N) is 2. The second-order valence-corrected chi connectivity index (χ2v) is 6.41. The van der Waals surface area contributed by atoms with E-state index in [2.05, 4.69) is 34.4 Å². The van der Waals surface area contributed by atoms with Crippen molar-refractivity contribution in [2.75, 3.05) is 60.2 Å². The zero-order chi connectivity index (χ0) is 16.9. The lowest BCUT2D eigenvalue weighted by Gasteiger charge is -2.35. The van der Waals surface area contributed by atoms with Crippen molar-refractivity contribution < 1.29 is 9.47 Å². The molecule has 7 heteroatoms. The SMILES string of the molecule is CN=C(NCCCOCCOC)NCC(C)N1CCC(C)CC1.I. The largest absolute Gasteiger partial charge is 0.382 e. The number of ether oxygens (including phenoxy) is 2. The van der Waals surface area contributed by atoms with Crippen molar-refractivity contribution in [2.24, 2.45) is 10.9 Å². The number of hydrogen-bond donors (Lipinski definition) is 2. The van der Waals surface area contributed by atoms with E-state index < -0.39 is 0 Å². The van der Waals surface area contributed by atoms with Crippen LogP contribution in [-0.4, -0.2) is 77.1 Å². The lowest BCUT2D eigenvalue weighted by molar-refractivity contribution is 0.0698. The molecule has 0 aromatic heterocycles. The van der Waals surface area contributed by atoms with Gasteiger partial charge in [0.15, 0.2) is 5.96 Å². The van der Waals surface area contributed by atoms with Crippen LogP contribution in [0.15, 0.2) is 4.99 Å². The summed E-state index contributed by atoms with van der Waals surface area (Å²) in [6.45, 7) is 10.9. The van der Waals surface area contributed by atoms with E-state index in [1.54, 1.807) is 7.11 Å². The van der Waals surface area contributed by atoms with Crippen molar-refractivity contribution in [1.82, 2.24) is 15.5 Å². The number of nitrogens with one attached hydrogen (secondary N) is 2. The lowest BCUT2D eigenvalue weighted by Crippen LogP contribution is -2.48. The summed E-state index contributed by atoms with van der Waals surface area (Å²) < 4.78 is 10.4. The van der Waals surface area contributed by atoms with Gasteiger partial charge in [-0.1, -0.05) is 6.92 Å². The van der Waals surface area contributed by atoms with Crippen molar-refractivity contribution in [3.8, 4) is 0 Å². The number of aliphatic imine (C=N–C) groups is 1. The van der Waals surface area contributed by atoms with Gasteiger partial charge in [-0.15, -0.1) is 24.0 Å². The van der Waals surface area contributed by atoms with Crippen LogP contribution in [0.4, 0.5) is 0 Å². The topological polar surface area (TPSA) is 58.1 Å². The molecule has 1 aliphatic heterocycles. The van der Waals surface area contributed by atoms with Crippen molar-refractivity contribution in [3.05, 3.63) is 0 Å². The van der Waals surface area contributed by atoms with Crippen LogP contribution >= 0.6 is 24.0 Å². The van der Waals surface area contributed by atoms with E-state index >= 15 is 0 Å². The molecule has 0 bridgehead atoms.